The van der Waals surface area contributed by atoms with Crippen molar-refractivity contribution >= 4 is 24.2 Å². The van der Waals surface area contributed by atoms with Crippen molar-refractivity contribution in [2.75, 3.05) is 5.32 Å². The maximum atomic E-state index is 12.7. The van der Waals surface area contributed by atoms with Crippen LogP contribution in [0.15, 0.2) is 53.4 Å². The van der Waals surface area contributed by atoms with Crippen LogP contribution in [0.3, 0.4) is 0 Å². The number of hydrogen-bond donors (Lipinski definition) is 2. The third-order valence-corrected chi connectivity index (χ3v) is 2.73. The quantitative estimate of drug-likeness (QED) is 0.816. The molecule has 0 radical (unpaired) electrons. The first-order chi connectivity index (χ1) is 8.63. The summed E-state index contributed by atoms with van der Waals surface area (Å²) in [6.45, 7) is 0. The maximum absolute atomic E-state index is 12.7. The summed E-state index contributed by atoms with van der Waals surface area (Å²) in [5.74, 6) is -0.453. The molecule has 0 saturated carbocycles. The third-order valence-electron chi connectivity index (χ3n) is 2.43. The first-order valence-corrected chi connectivity index (χ1v) is 5.91. The summed E-state index contributed by atoms with van der Waals surface area (Å²) in [5.41, 5.74) is 1.50. The predicted molar refractivity (Wildman–Crippen MR) is 72.4 cm³/mol. The van der Waals surface area contributed by atoms with Crippen LogP contribution in [-0.4, -0.2) is 5.91 Å². The fraction of sp³-hybridized carbons (Fsp3) is 0.0714. The van der Waals surface area contributed by atoms with Gasteiger partial charge in [0, 0.05) is 10.6 Å². The minimum atomic E-state index is -0.322. The first kappa shape index (κ1) is 12.6. The normalized spacial score (nSPS) is 10.1. The minimum absolute atomic E-state index is 0.131. The molecule has 4 heteroatoms. The van der Waals surface area contributed by atoms with E-state index in [9.17, 15) is 9.18 Å². The molecule has 0 atom stereocenters. The van der Waals surface area contributed by atoms with Gasteiger partial charge in [-0.15, -0.1) is 12.6 Å². The minimum Gasteiger partial charge on any atom is -0.326 e. The molecular formula is C14H12FNOS. The van der Waals surface area contributed by atoms with Gasteiger partial charge in [-0.2, -0.15) is 0 Å². The summed E-state index contributed by atoms with van der Waals surface area (Å²) < 4.78 is 12.7. The number of nitrogens with one attached hydrogen (secondary N) is 1. The molecule has 1 amide bonds. The summed E-state index contributed by atoms with van der Waals surface area (Å²) in [6.07, 6.45) is 0.283. The molecule has 92 valence electrons. The Kier molecular flexibility index (Phi) is 3.99. The lowest BCUT2D eigenvalue weighted by molar-refractivity contribution is -0.115. The van der Waals surface area contributed by atoms with E-state index in [4.69, 9.17) is 0 Å². The number of rotatable bonds is 3. The summed E-state index contributed by atoms with van der Waals surface area (Å²) in [5, 5.41) is 2.71. The monoisotopic (exact) mass is 261 g/mol. The van der Waals surface area contributed by atoms with Gasteiger partial charge in [0.05, 0.1) is 6.42 Å². The molecule has 0 spiro atoms. The van der Waals surface area contributed by atoms with E-state index in [2.05, 4.69) is 17.9 Å². The van der Waals surface area contributed by atoms with Crippen molar-refractivity contribution in [3.8, 4) is 0 Å². The van der Waals surface area contributed by atoms with Crippen LogP contribution in [0.25, 0.3) is 0 Å². The highest BCUT2D eigenvalue weighted by Crippen LogP contribution is 2.11. The van der Waals surface area contributed by atoms with Gasteiger partial charge in [-0.25, -0.2) is 4.39 Å². The highest BCUT2D eigenvalue weighted by atomic mass is 32.1. The number of benzene rings is 2. The Bertz CT molecular complexity index is 487. The lowest BCUT2D eigenvalue weighted by Crippen LogP contribution is -2.14. The van der Waals surface area contributed by atoms with Crippen LogP contribution in [0.4, 0.5) is 10.1 Å². The molecule has 2 aromatic rings. The van der Waals surface area contributed by atoms with E-state index < -0.39 is 0 Å². The average molecular weight is 261 g/mol. The van der Waals surface area contributed by atoms with E-state index in [1.165, 1.54) is 24.3 Å². The summed E-state index contributed by atoms with van der Waals surface area (Å²) in [6, 6.07) is 13.1. The molecule has 2 nitrogen and oxygen atoms in total. The van der Waals surface area contributed by atoms with Crippen molar-refractivity contribution in [3.05, 3.63) is 59.9 Å². The van der Waals surface area contributed by atoms with Crippen molar-refractivity contribution in [2.45, 2.75) is 11.3 Å². The molecule has 0 aliphatic rings. The van der Waals surface area contributed by atoms with Crippen LogP contribution in [0.1, 0.15) is 5.56 Å². The second-order valence-corrected chi connectivity index (χ2v) is 4.41. The molecule has 0 aliphatic carbocycles. The van der Waals surface area contributed by atoms with E-state index in [0.717, 1.165) is 10.5 Å². The SMILES string of the molecule is O=C(Cc1ccc(S)cc1)Nc1ccc(F)cc1. The summed E-state index contributed by atoms with van der Waals surface area (Å²) in [7, 11) is 0. The highest BCUT2D eigenvalue weighted by molar-refractivity contribution is 7.80. The van der Waals surface area contributed by atoms with Gasteiger partial charge < -0.3 is 5.32 Å². The maximum Gasteiger partial charge on any atom is 0.228 e. The van der Waals surface area contributed by atoms with Crippen LogP contribution in [-0.2, 0) is 11.2 Å². The van der Waals surface area contributed by atoms with Crippen molar-refractivity contribution in [1.29, 1.82) is 0 Å². The molecule has 0 aromatic heterocycles. The van der Waals surface area contributed by atoms with Gasteiger partial charge in [0.25, 0.3) is 0 Å². The Hall–Kier alpha value is -1.81. The molecule has 0 aliphatic heterocycles. The second-order valence-electron chi connectivity index (χ2n) is 3.90. The summed E-state index contributed by atoms with van der Waals surface area (Å²) >= 11 is 4.18. The molecule has 0 bridgehead atoms. The third kappa shape index (κ3) is 3.60. The predicted octanol–water partition coefficient (Wildman–Crippen LogP) is 3.30. The zero-order valence-corrected chi connectivity index (χ0v) is 10.5. The first-order valence-electron chi connectivity index (χ1n) is 5.47. The Morgan fingerprint density at radius 3 is 2.28 bits per heavy atom. The van der Waals surface area contributed by atoms with Crippen LogP contribution >= 0.6 is 12.6 Å². The molecular weight excluding hydrogens is 249 g/mol. The van der Waals surface area contributed by atoms with Crippen molar-refractivity contribution in [2.24, 2.45) is 0 Å². The average Bonchev–Trinajstić information content (AvgIpc) is 2.35. The molecule has 18 heavy (non-hydrogen) atoms. The zero-order valence-electron chi connectivity index (χ0n) is 9.56. The Balaban J connectivity index is 1.96. The van der Waals surface area contributed by atoms with Gasteiger partial charge in [-0.3, -0.25) is 4.79 Å². The summed E-state index contributed by atoms with van der Waals surface area (Å²) in [4.78, 5) is 12.6. The van der Waals surface area contributed by atoms with E-state index in [0.29, 0.717) is 5.69 Å². The van der Waals surface area contributed by atoms with Crippen molar-refractivity contribution in [3.63, 3.8) is 0 Å². The van der Waals surface area contributed by atoms with E-state index in [1.807, 2.05) is 24.3 Å². The lowest BCUT2D eigenvalue weighted by atomic mass is 10.1. The second kappa shape index (κ2) is 5.69. The van der Waals surface area contributed by atoms with Gasteiger partial charge in [0.1, 0.15) is 5.82 Å². The van der Waals surface area contributed by atoms with Crippen LogP contribution in [0, 0.1) is 5.82 Å². The number of thiol groups is 1. The van der Waals surface area contributed by atoms with Crippen molar-refractivity contribution in [1.82, 2.24) is 0 Å². The fourth-order valence-corrected chi connectivity index (χ4v) is 1.69. The molecule has 0 heterocycles. The van der Waals surface area contributed by atoms with E-state index in [-0.39, 0.29) is 18.1 Å². The van der Waals surface area contributed by atoms with E-state index in [1.54, 1.807) is 0 Å². The smallest absolute Gasteiger partial charge is 0.228 e. The van der Waals surface area contributed by atoms with Gasteiger partial charge in [0.15, 0.2) is 0 Å². The fourth-order valence-electron chi connectivity index (χ4n) is 1.54. The molecule has 0 saturated heterocycles. The number of carbonyl (C=O) groups is 1. The van der Waals surface area contributed by atoms with Gasteiger partial charge in [-0.1, -0.05) is 12.1 Å². The standard InChI is InChI=1S/C14H12FNOS/c15-11-3-5-12(6-4-11)16-14(17)9-10-1-7-13(18)8-2-10/h1-8,18H,9H2,(H,16,17). The Morgan fingerprint density at radius 2 is 1.67 bits per heavy atom. The largest absolute Gasteiger partial charge is 0.326 e. The van der Waals surface area contributed by atoms with Crippen LogP contribution in [0.2, 0.25) is 0 Å². The lowest BCUT2D eigenvalue weighted by Gasteiger charge is -2.05. The Morgan fingerprint density at radius 1 is 1.06 bits per heavy atom. The topological polar surface area (TPSA) is 29.1 Å². The number of amides is 1. The van der Waals surface area contributed by atoms with Gasteiger partial charge in [-0.05, 0) is 42.0 Å². The van der Waals surface area contributed by atoms with Crippen LogP contribution in [0.5, 0.6) is 0 Å². The van der Waals surface area contributed by atoms with Crippen molar-refractivity contribution < 1.29 is 9.18 Å². The molecule has 2 aromatic carbocycles. The molecule has 1 N–H and O–H groups in total. The number of hydrogen-bond acceptors (Lipinski definition) is 2. The molecule has 2 rings (SSSR count). The number of anilines is 1. The Labute approximate surface area is 110 Å². The molecule has 0 unspecified atom stereocenters. The van der Waals surface area contributed by atoms with Gasteiger partial charge >= 0.3 is 0 Å². The van der Waals surface area contributed by atoms with Crippen LogP contribution < -0.4 is 5.32 Å². The molecule has 0 fully saturated rings. The highest BCUT2D eigenvalue weighted by Gasteiger charge is 2.04. The number of carbonyl (C=O) groups excluding carboxylic acids is 1. The number of halogens is 1. The van der Waals surface area contributed by atoms with Gasteiger partial charge in [0.2, 0.25) is 5.91 Å². The van der Waals surface area contributed by atoms with E-state index >= 15 is 0 Å². The zero-order chi connectivity index (χ0) is 13.0.